The molecule has 0 saturated heterocycles. The number of aliphatic carboxylic acids is 1. The van der Waals surface area contributed by atoms with Gasteiger partial charge in [0.25, 0.3) is 0 Å². The Bertz CT molecular complexity index is 44.1. The fourth-order valence-electron chi connectivity index (χ4n) is 0. The molecule has 0 atom stereocenters. The van der Waals surface area contributed by atoms with Gasteiger partial charge in [-0.15, -0.1) is 0 Å². The maximum atomic E-state index is 9.37. The second kappa shape index (κ2) is 4.99. The van der Waals surface area contributed by atoms with E-state index in [4.69, 9.17) is 5.11 Å². The van der Waals surface area contributed by atoms with Crippen LogP contribution in [-0.4, -0.2) is 11.1 Å². The van der Waals surface area contributed by atoms with Crippen LogP contribution in [0.2, 0.25) is 0 Å². The van der Waals surface area contributed by atoms with E-state index in [1.54, 1.807) is 6.92 Å². The maximum Gasteiger partial charge on any atom is 0.303 e. The quantitative estimate of drug-likeness (QED) is 0.522. The summed E-state index contributed by atoms with van der Waals surface area (Å²) in [7, 11) is 0. The zero-order valence-electron chi connectivity index (χ0n) is 3.44. The van der Waals surface area contributed by atoms with Crippen molar-refractivity contribution in [2.75, 3.05) is 0 Å². The molecule has 0 bridgehead atoms. The van der Waals surface area contributed by atoms with Crippen LogP contribution in [0.25, 0.3) is 0 Å². The maximum absolute atomic E-state index is 9.37. The summed E-state index contributed by atoms with van der Waals surface area (Å²) < 4.78 is 0. The van der Waals surface area contributed by atoms with Crippen molar-refractivity contribution in [3.63, 3.8) is 0 Å². The number of rotatable bonds is 1. The van der Waals surface area contributed by atoms with Crippen molar-refractivity contribution in [2.45, 2.75) is 13.3 Å². The van der Waals surface area contributed by atoms with Crippen molar-refractivity contribution in [2.24, 2.45) is 0 Å². The van der Waals surface area contributed by atoms with E-state index in [1.807, 2.05) is 0 Å². The Labute approximate surface area is 47.0 Å². The van der Waals surface area contributed by atoms with Gasteiger partial charge in [-0.05, 0) is 0 Å². The molecule has 0 amide bonds. The van der Waals surface area contributed by atoms with E-state index in [1.165, 1.54) is 0 Å². The van der Waals surface area contributed by atoms with Crippen LogP contribution in [0.5, 0.6) is 0 Å². The summed E-state index contributed by atoms with van der Waals surface area (Å²) in [6.07, 6.45) is 0.222. The van der Waals surface area contributed by atoms with Crippen LogP contribution in [0.4, 0.5) is 0 Å². The molecule has 0 spiro atoms. The van der Waals surface area contributed by atoms with Crippen molar-refractivity contribution in [1.29, 1.82) is 0 Å². The summed E-state index contributed by atoms with van der Waals surface area (Å²) in [5.41, 5.74) is 0. The van der Waals surface area contributed by atoms with Gasteiger partial charge in [0, 0.05) is 23.5 Å². The van der Waals surface area contributed by atoms with Crippen molar-refractivity contribution in [1.82, 2.24) is 0 Å². The first-order chi connectivity index (χ1) is 2.27. The normalized spacial score (nSPS) is 6.17. The smallest absolute Gasteiger partial charge is 0.303 e. The van der Waals surface area contributed by atoms with Crippen molar-refractivity contribution < 1.29 is 27.0 Å². The van der Waals surface area contributed by atoms with E-state index in [0.29, 0.717) is 0 Å². The minimum absolute atomic E-state index is 0. The Hall–Kier alpha value is -0.0105. The van der Waals surface area contributed by atoms with E-state index in [9.17, 15) is 4.79 Å². The second-order valence-electron chi connectivity index (χ2n) is 0.747. The Kier molecular flexibility index (Phi) is 7.79. The van der Waals surface area contributed by atoms with Crippen LogP contribution < -0.4 is 0 Å². The Balaban J connectivity index is 0. The third-order valence-electron chi connectivity index (χ3n) is 0.302. The fourth-order valence-corrected chi connectivity index (χ4v) is 0. The second-order valence-corrected chi connectivity index (χ2v) is 0.747. The molecular weight excluding hydrogens is 123 g/mol. The first-order valence-electron chi connectivity index (χ1n) is 1.49. The van der Waals surface area contributed by atoms with E-state index < -0.39 is 5.97 Å². The molecule has 0 saturated carbocycles. The first kappa shape index (κ1) is 9.37. The van der Waals surface area contributed by atoms with Crippen LogP contribution in [0.3, 0.4) is 0 Å². The summed E-state index contributed by atoms with van der Waals surface area (Å²) in [6.45, 7) is 1.60. The number of carbonyl (C=O) groups is 1. The molecule has 1 N–H and O–H groups in total. The van der Waals surface area contributed by atoms with Gasteiger partial charge in [-0.2, -0.15) is 0 Å². The molecule has 0 aromatic carbocycles. The molecule has 0 aromatic heterocycles. The van der Waals surface area contributed by atoms with Gasteiger partial charge in [-0.3, -0.25) is 4.79 Å². The Morgan fingerprint density at radius 2 is 2.00 bits per heavy atom. The van der Waals surface area contributed by atoms with Gasteiger partial charge in [0.05, 0.1) is 0 Å². The van der Waals surface area contributed by atoms with Crippen molar-refractivity contribution >= 4 is 5.97 Å². The van der Waals surface area contributed by atoms with E-state index in [2.05, 4.69) is 0 Å². The molecule has 0 aliphatic carbocycles. The molecule has 0 aliphatic heterocycles. The molecule has 6 heavy (non-hydrogen) atoms. The summed E-state index contributed by atoms with van der Waals surface area (Å²) >= 11 is 0. The van der Waals surface area contributed by atoms with E-state index in [-0.39, 0.29) is 23.5 Å². The largest absolute Gasteiger partial charge is 0.481 e. The van der Waals surface area contributed by atoms with Crippen LogP contribution in [-0.2, 0) is 21.9 Å². The number of hydrogen-bond donors (Lipinski definition) is 1. The third-order valence-corrected chi connectivity index (χ3v) is 0.302. The molecule has 0 fully saturated rings. The predicted molar refractivity (Wildman–Crippen MR) is 17.9 cm³/mol. The minimum Gasteiger partial charge on any atom is -0.481 e. The predicted octanol–water partition coefficient (Wildman–Crippen LogP) is 0.478. The summed E-state index contributed by atoms with van der Waals surface area (Å²) in [5.74, 6) is -0.745. The zero-order valence-corrected chi connectivity index (χ0v) is 4.62. The number of carboxylic acids is 1. The van der Waals surface area contributed by atoms with Gasteiger partial charge in [0.15, 0.2) is 0 Å². The summed E-state index contributed by atoms with van der Waals surface area (Å²) in [5, 5.41) is 7.72. The minimum atomic E-state index is -0.745. The average Bonchev–Trinajstić information content (AvgIpc) is 1.38. The monoisotopic (exact) mass is 129 g/mol. The molecule has 0 heterocycles. The van der Waals surface area contributed by atoms with Crippen LogP contribution in [0.1, 0.15) is 13.3 Å². The van der Waals surface area contributed by atoms with E-state index >= 15 is 0 Å². The molecule has 1 radical (unpaired) electrons. The molecular formula is C3H6MnO2. The van der Waals surface area contributed by atoms with Gasteiger partial charge in [-0.1, -0.05) is 6.92 Å². The van der Waals surface area contributed by atoms with Gasteiger partial charge in [-0.25, -0.2) is 0 Å². The number of carboxylic acid groups (broad SMARTS) is 1. The van der Waals surface area contributed by atoms with Crippen molar-refractivity contribution in [3.05, 3.63) is 0 Å². The zero-order chi connectivity index (χ0) is 4.28. The van der Waals surface area contributed by atoms with Gasteiger partial charge >= 0.3 is 5.97 Å². The van der Waals surface area contributed by atoms with Gasteiger partial charge in [0.1, 0.15) is 0 Å². The fraction of sp³-hybridized carbons (Fsp3) is 0.667. The third kappa shape index (κ3) is 9.01. The van der Waals surface area contributed by atoms with Crippen LogP contribution in [0, 0.1) is 0 Å². The van der Waals surface area contributed by atoms with Crippen LogP contribution >= 0.6 is 0 Å². The van der Waals surface area contributed by atoms with E-state index in [0.717, 1.165) is 0 Å². The number of hydrogen-bond acceptors (Lipinski definition) is 1. The Morgan fingerprint density at radius 3 is 2.00 bits per heavy atom. The van der Waals surface area contributed by atoms with Crippen molar-refractivity contribution in [3.8, 4) is 0 Å². The average molecular weight is 129 g/mol. The molecule has 3 heteroatoms. The molecule has 0 aliphatic rings. The van der Waals surface area contributed by atoms with Gasteiger partial charge in [0.2, 0.25) is 0 Å². The first-order valence-corrected chi connectivity index (χ1v) is 1.49. The molecule has 0 unspecified atom stereocenters. The molecule has 2 nitrogen and oxygen atoms in total. The van der Waals surface area contributed by atoms with Crippen LogP contribution in [0.15, 0.2) is 0 Å². The topological polar surface area (TPSA) is 37.3 Å². The van der Waals surface area contributed by atoms with Gasteiger partial charge < -0.3 is 5.11 Å². The standard InChI is InChI=1S/C3H6O2.Mn/c1-2-3(4)5;/h2H2,1H3,(H,4,5);. The SMILES string of the molecule is CCC(=O)O.[Mn]. The molecule has 0 rings (SSSR count). The molecule has 0 aromatic rings. The Morgan fingerprint density at radius 1 is 1.83 bits per heavy atom. The summed E-state index contributed by atoms with van der Waals surface area (Å²) in [4.78, 5) is 9.37. The summed E-state index contributed by atoms with van der Waals surface area (Å²) in [6, 6.07) is 0. The molecule has 37 valence electrons.